The molecule has 5 heavy (non-hydrogen) atoms. The van der Waals surface area contributed by atoms with E-state index in [1.165, 1.54) is 0 Å². The molecular weight excluding hydrogens is 85.0 g/mol. The van der Waals surface area contributed by atoms with Crippen molar-refractivity contribution in [3.8, 4) is 0 Å². The molecule has 0 aromatic rings. The van der Waals surface area contributed by atoms with Crippen molar-refractivity contribution >= 4 is 15.4 Å². The smallest absolute Gasteiger partial charge is 0.189 e. The van der Waals surface area contributed by atoms with E-state index in [9.17, 15) is 0 Å². The Kier molecular flexibility index (Phi) is 1.85. The molecule has 1 unspecified atom stereocenters. The molecule has 4 heteroatoms. The van der Waals surface area contributed by atoms with Crippen LogP contribution in [0.1, 0.15) is 0 Å². The molecule has 0 radical (unpaired) electrons. The van der Waals surface area contributed by atoms with Gasteiger partial charge in [-0.15, -0.1) is 0 Å². The molecule has 0 aliphatic carbocycles. The van der Waals surface area contributed by atoms with Crippen LogP contribution in [-0.2, 0) is 0 Å². The van der Waals surface area contributed by atoms with Crippen molar-refractivity contribution in [3.63, 3.8) is 0 Å². The van der Waals surface area contributed by atoms with Gasteiger partial charge in [0.1, 0.15) is 0 Å². The van der Waals surface area contributed by atoms with Gasteiger partial charge in [-0.25, -0.2) is 4.76 Å². The Hall–Kier alpha value is -0.300. The topological polar surface area (TPSA) is 64.4 Å². The first kappa shape index (κ1) is 4.70. The van der Waals surface area contributed by atoms with Crippen LogP contribution >= 0.6 is 9.39 Å². The van der Waals surface area contributed by atoms with E-state index in [0.29, 0.717) is 0 Å². The number of guanidine groups is 1. The fourth-order valence-electron chi connectivity index (χ4n) is 0. The van der Waals surface area contributed by atoms with Crippen LogP contribution < -0.4 is 11.5 Å². The third kappa shape index (κ3) is 3.70. The summed E-state index contributed by atoms with van der Waals surface area (Å²) in [5.74, 6) is 0.0926. The Labute approximate surface area is 32.7 Å². The molecular formula is CH6N3P. The molecule has 0 amide bonds. The lowest BCUT2D eigenvalue weighted by atomic mass is 11.1. The van der Waals surface area contributed by atoms with Gasteiger partial charge in [0.25, 0.3) is 0 Å². The Balaban J connectivity index is 3.14. The number of nitrogens with zero attached hydrogens (tertiary/aromatic N) is 1. The van der Waals surface area contributed by atoms with Crippen LogP contribution in [0.5, 0.6) is 0 Å². The standard InChI is InChI=1S/CH6N3P/c2-1(3)4-5/h5H2,(H4,2,3,4). The second kappa shape index (κ2) is 1.97. The van der Waals surface area contributed by atoms with Crippen LogP contribution in [0, 0.1) is 0 Å². The molecule has 30 valence electrons. The molecule has 0 aromatic heterocycles. The maximum Gasteiger partial charge on any atom is 0.189 e. The zero-order valence-corrected chi connectivity index (χ0v) is 3.83. The monoisotopic (exact) mass is 91.0 g/mol. The molecule has 0 aliphatic rings. The van der Waals surface area contributed by atoms with Gasteiger partial charge in [-0.1, -0.05) is 0 Å². The fraction of sp³-hybridized carbons (Fsp3) is 0. The number of hydrogen-bond acceptors (Lipinski definition) is 1. The Morgan fingerprint density at radius 3 is 1.80 bits per heavy atom. The van der Waals surface area contributed by atoms with Gasteiger partial charge < -0.3 is 11.5 Å². The summed E-state index contributed by atoms with van der Waals surface area (Å²) in [6, 6.07) is 0. The molecule has 0 rings (SSSR count). The van der Waals surface area contributed by atoms with Gasteiger partial charge in [0.15, 0.2) is 5.96 Å². The van der Waals surface area contributed by atoms with E-state index >= 15 is 0 Å². The quantitative estimate of drug-likeness (QED) is 0.229. The van der Waals surface area contributed by atoms with Crippen LogP contribution in [0.25, 0.3) is 0 Å². The first-order valence-corrected chi connectivity index (χ1v) is 1.58. The van der Waals surface area contributed by atoms with E-state index in [1.54, 1.807) is 0 Å². The van der Waals surface area contributed by atoms with Crippen molar-refractivity contribution in [2.45, 2.75) is 0 Å². The van der Waals surface area contributed by atoms with Gasteiger partial charge in [-0.05, 0) is 9.39 Å². The zero-order chi connectivity index (χ0) is 4.28. The SMILES string of the molecule is NC(N)=NP. The third-order valence-electron chi connectivity index (χ3n) is 0.149. The predicted molar refractivity (Wildman–Crippen MR) is 25.5 cm³/mol. The molecule has 0 saturated heterocycles. The minimum Gasteiger partial charge on any atom is -0.370 e. The van der Waals surface area contributed by atoms with Crippen LogP contribution in [0.3, 0.4) is 0 Å². The van der Waals surface area contributed by atoms with Gasteiger partial charge in [0, 0.05) is 0 Å². The van der Waals surface area contributed by atoms with E-state index in [-0.39, 0.29) is 5.96 Å². The lowest BCUT2D eigenvalue weighted by Gasteiger charge is -1.76. The summed E-state index contributed by atoms with van der Waals surface area (Å²) in [5, 5.41) is 0. The Bertz CT molecular complexity index is 44.9. The summed E-state index contributed by atoms with van der Waals surface area (Å²) < 4.78 is 3.28. The van der Waals surface area contributed by atoms with Crippen molar-refractivity contribution in [2.24, 2.45) is 16.2 Å². The molecule has 0 heterocycles. The number of nitrogens with two attached hydrogens (primary N) is 2. The second-order valence-electron chi connectivity index (χ2n) is 0.554. The van der Waals surface area contributed by atoms with Crippen LogP contribution in [0.4, 0.5) is 0 Å². The first-order chi connectivity index (χ1) is 2.27. The second-order valence-corrected chi connectivity index (χ2v) is 0.812. The maximum absolute atomic E-state index is 4.80. The van der Waals surface area contributed by atoms with Gasteiger partial charge in [-0.2, -0.15) is 0 Å². The van der Waals surface area contributed by atoms with E-state index in [0.717, 1.165) is 0 Å². The normalized spacial score (nSPS) is 6.60. The Morgan fingerprint density at radius 2 is 1.80 bits per heavy atom. The predicted octanol–water partition coefficient (Wildman–Crippen LogP) is -0.950. The Morgan fingerprint density at radius 1 is 1.60 bits per heavy atom. The van der Waals surface area contributed by atoms with E-state index in [4.69, 9.17) is 11.5 Å². The van der Waals surface area contributed by atoms with Crippen LogP contribution in [0.2, 0.25) is 0 Å². The van der Waals surface area contributed by atoms with Crippen molar-refractivity contribution in [1.29, 1.82) is 0 Å². The number of rotatable bonds is 0. The summed E-state index contributed by atoms with van der Waals surface area (Å²) in [7, 11) is 2.03. The molecule has 0 saturated carbocycles. The highest BCUT2D eigenvalue weighted by molar-refractivity contribution is 7.15. The van der Waals surface area contributed by atoms with Gasteiger partial charge in [0.05, 0.1) is 0 Å². The van der Waals surface area contributed by atoms with Gasteiger partial charge in [0.2, 0.25) is 0 Å². The van der Waals surface area contributed by atoms with Gasteiger partial charge >= 0.3 is 0 Å². The highest BCUT2D eigenvalue weighted by Gasteiger charge is 1.61. The fourth-order valence-corrected chi connectivity index (χ4v) is 0. The molecule has 0 aromatic carbocycles. The van der Waals surface area contributed by atoms with E-state index in [2.05, 4.69) is 4.76 Å². The molecule has 1 atom stereocenters. The first-order valence-electron chi connectivity index (χ1n) is 1.06. The van der Waals surface area contributed by atoms with Crippen molar-refractivity contribution < 1.29 is 0 Å². The summed E-state index contributed by atoms with van der Waals surface area (Å²) in [4.78, 5) is 0. The minimum absolute atomic E-state index is 0.0926. The van der Waals surface area contributed by atoms with Crippen molar-refractivity contribution in [1.82, 2.24) is 0 Å². The summed E-state index contributed by atoms with van der Waals surface area (Å²) in [5.41, 5.74) is 9.60. The maximum atomic E-state index is 4.80. The summed E-state index contributed by atoms with van der Waals surface area (Å²) >= 11 is 0. The third-order valence-corrected chi connectivity index (χ3v) is 0.447. The van der Waals surface area contributed by atoms with Gasteiger partial charge in [-0.3, -0.25) is 0 Å². The molecule has 4 N–H and O–H groups in total. The lowest BCUT2D eigenvalue weighted by molar-refractivity contribution is 1.54. The van der Waals surface area contributed by atoms with E-state index in [1.807, 2.05) is 9.39 Å². The molecule has 3 nitrogen and oxygen atoms in total. The average molecular weight is 91.1 g/mol. The number of hydrogen-bond donors (Lipinski definition) is 2. The summed E-state index contributed by atoms with van der Waals surface area (Å²) in [6.45, 7) is 0. The van der Waals surface area contributed by atoms with Crippen molar-refractivity contribution in [3.05, 3.63) is 0 Å². The minimum atomic E-state index is 0.0926. The highest BCUT2D eigenvalue weighted by atomic mass is 31.0. The highest BCUT2D eigenvalue weighted by Crippen LogP contribution is 1.73. The molecule has 0 spiro atoms. The largest absolute Gasteiger partial charge is 0.370 e. The van der Waals surface area contributed by atoms with E-state index < -0.39 is 0 Å². The van der Waals surface area contributed by atoms with Crippen LogP contribution in [0.15, 0.2) is 4.76 Å². The van der Waals surface area contributed by atoms with Crippen LogP contribution in [-0.4, -0.2) is 5.96 Å². The average Bonchev–Trinajstić information content (AvgIpc) is 1.38. The molecule has 0 fully saturated rings. The molecule has 0 bridgehead atoms. The molecule has 0 aliphatic heterocycles. The zero-order valence-electron chi connectivity index (χ0n) is 2.68. The van der Waals surface area contributed by atoms with Crippen molar-refractivity contribution in [2.75, 3.05) is 0 Å². The lowest BCUT2D eigenvalue weighted by Crippen LogP contribution is -2.20. The summed E-state index contributed by atoms with van der Waals surface area (Å²) in [6.07, 6.45) is 0.